The molecule has 68 heavy (non-hydrogen) atoms. The van der Waals surface area contributed by atoms with Crippen molar-refractivity contribution < 1.29 is 0 Å². The number of fused-ring (bicyclic) bond motifs is 9. The Labute approximate surface area is 390 Å². The summed E-state index contributed by atoms with van der Waals surface area (Å²) in [5.74, 6) is 1.10. The Balaban J connectivity index is 0.978. The van der Waals surface area contributed by atoms with Crippen molar-refractivity contribution in [2.24, 2.45) is 0 Å². The Bertz CT molecular complexity index is 3750. The first-order valence-electron chi connectivity index (χ1n) is 22.8. The van der Waals surface area contributed by atoms with E-state index in [0.717, 1.165) is 106 Å². The van der Waals surface area contributed by atoms with E-state index in [9.17, 15) is 0 Å². The quantitative estimate of drug-likeness (QED) is 0.152. The number of hydrogen-bond acceptors (Lipinski definition) is 6. The molecule has 0 saturated heterocycles. The predicted molar refractivity (Wildman–Crippen MR) is 278 cm³/mol. The SMILES string of the molecule is c1ccc(N(c2ccccc2)c2ccc3c(c2)c2ccccc2n3-c2nc3c4c(nc(-n5c6ccccc6c6cc(N(c7ccccc7)c7ccccc7)ccc65)nc4n2)-c2ccccc2-3)cc1. The smallest absolute Gasteiger partial charge is 0.237 e. The van der Waals surface area contributed by atoms with Crippen molar-refractivity contribution >= 4 is 88.8 Å². The molecule has 0 unspecified atom stereocenters. The van der Waals surface area contributed by atoms with E-state index in [-0.39, 0.29) is 0 Å². The highest BCUT2D eigenvalue weighted by atomic mass is 15.2. The molecule has 0 saturated carbocycles. The van der Waals surface area contributed by atoms with Gasteiger partial charge >= 0.3 is 0 Å². The highest BCUT2D eigenvalue weighted by Gasteiger charge is 2.30. The Morgan fingerprint density at radius 2 is 0.618 bits per heavy atom. The van der Waals surface area contributed by atoms with Gasteiger partial charge in [0, 0.05) is 66.8 Å². The molecule has 0 fully saturated rings. The van der Waals surface area contributed by atoms with Crippen LogP contribution in [0.15, 0.2) is 231 Å². The van der Waals surface area contributed by atoms with E-state index in [1.807, 2.05) is 0 Å². The minimum atomic E-state index is 0.551. The summed E-state index contributed by atoms with van der Waals surface area (Å²) in [7, 11) is 0. The Morgan fingerprint density at radius 3 is 1.01 bits per heavy atom. The molecule has 4 heterocycles. The van der Waals surface area contributed by atoms with Gasteiger partial charge in [-0.15, -0.1) is 0 Å². The van der Waals surface area contributed by atoms with Crippen molar-refractivity contribution in [3.8, 4) is 34.4 Å². The third-order valence-corrected chi connectivity index (χ3v) is 13.3. The highest BCUT2D eigenvalue weighted by Crippen LogP contribution is 2.47. The van der Waals surface area contributed by atoms with Crippen LogP contribution < -0.4 is 9.80 Å². The first-order chi connectivity index (χ1) is 33.7. The zero-order chi connectivity index (χ0) is 44.7. The number of rotatable bonds is 8. The number of anilines is 6. The lowest BCUT2D eigenvalue weighted by molar-refractivity contribution is 0.976. The lowest BCUT2D eigenvalue weighted by Gasteiger charge is -2.25. The molecule has 0 bridgehead atoms. The van der Waals surface area contributed by atoms with Crippen molar-refractivity contribution in [2.45, 2.75) is 0 Å². The van der Waals surface area contributed by atoms with E-state index in [0.29, 0.717) is 17.5 Å². The van der Waals surface area contributed by atoms with Crippen LogP contribution in [0.3, 0.4) is 0 Å². The van der Waals surface area contributed by atoms with Crippen LogP contribution in [0.4, 0.5) is 34.1 Å². The van der Waals surface area contributed by atoms with Crippen LogP contribution in [0.1, 0.15) is 0 Å². The molecule has 0 radical (unpaired) electrons. The van der Waals surface area contributed by atoms with Crippen molar-refractivity contribution in [3.05, 3.63) is 231 Å². The van der Waals surface area contributed by atoms with Gasteiger partial charge in [-0.05, 0) is 97.1 Å². The van der Waals surface area contributed by atoms with Crippen molar-refractivity contribution in [1.82, 2.24) is 29.1 Å². The second-order valence-corrected chi connectivity index (χ2v) is 17.1. The average Bonchev–Trinajstić information content (AvgIpc) is 4.03. The largest absolute Gasteiger partial charge is 0.310 e. The van der Waals surface area contributed by atoms with Gasteiger partial charge in [-0.1, -0.05) is 133 Å². The van der Waals surface area contributed by atoms with Crippen molar-refractivity contribution in [2.75, 3.05) is 9.80 Å². The topological polar surface area (TPSA) is 67.9 Å². The predicted octanol–water partition coefficient (Wildman–Crippen LogP) is 15.2. The van der Waals surface area contributed by atoms with Gasteiger partial charge in [-0.3, -0.25) is 9.13 Å². The van der Waals surface area contributed by atoms with Crippen LogP contribution in [0.25, 0.3) is 89.1 Å². The first kappa shape index (κ1) is 37.9. The summed E-state index contributed by atoms with van der Waals surface area (Å²) in [4.78, 5) is 26.3. The molecule has 14 rings (SSSR count). The number of aromatic nitrogens is 6. The standard InChI is InChI=1S/C60H38N8/c1-5-19-39(20-6-1)65(40-21-7-2-8-22-40)43-33-35-53-49(37-43)45-27-15-17-31-51(45)67(53)59-61-56-47-29-13-14-30-48(47)57-55(56)58(63-59)64-60(62-57)68-52-32-18-16-28-46(52)50-38-44(34-36-54(50)68)66(41-23-9-3-10-24-41)42-25-11-4-12-26-42/h1-38H. The Morgan fingerprint density at radius 1 is 0.279 bits per heavy atom. The van der Waals surface area contributed by atoms with Gasteiger partial charge in [-0.2, -0.15) is 9.97 Å². The molecule has 1 aliphatic carbocycles. The zero-order valence-electron chi connectivity index (χ0n) is 36.5. The van der Waals surface area contributed by atoms with Gasteiger partial charge in [0.25, 0.3) is 0 Å². The van der Waals surface area contributed by atoms with E-state index in [4.69, 9.17) is 19.9 Å². The fourth-order valence-electron chi connectivity index (χ4n) is 10.3. The summed E-state index contributed by atoms with van der Waals surface area (Å²) in [5, 5.41) is 5.27. The van der Waals surface area contributed by atoms with Crippen LogP contribution in [0.2, 0.25) is 0 Å². The number of nitrogens with zero attached hydrogens (tertiary/aromatic N) is 8. The Kier molecular flexibility index (Phi) is 8.41. The second kappa shape index (κ2) is 15.1. The summed E-state index contributed by atoms with van der Waals surface area (Å²) < 4.78 is 4.38. The molecule has 8 heteroatoms. The first-order valence-corrected chi connectivity index (χ1v) is 22.8. The van der Waals surface area contributed by atoms with Gasteiger partial charge in [-0.25, -0.2) is 9.97 Å². The molecule has 0 amide bonds. The number of benzene rings is 9. The van der Waals surface area contributed by atoms with Crippen LogP contribution in [0.5, 0.6) is 0 Å². The van der Waals surface area contributed by atoms with Gasteiger partial charge in [0.15, 0.2) is 5.65 Å². The molecular formula is C60H38N8. The van der Waals surface area contributed by atoms with Crippen LogP contribution in [-0.4, -0.2) is 29.1 Å². The van der Waals surface area contributed by atoms with E-state index >= 15 is 0 Å². The second-order valence-electron chi connectivity index (χ2n) is 17.1. The summed E-state index contributed by atoms with van der Waals surface area (Å²) >= 11 is 0. The summed E-state index contributed by atoms with van der Waals surface area (Å²) in [6, 6.07) is 80.9. The van der Waals surface area contributed by atoms with E-state index in [1.54, 1.807) is 0 Å². The Hall–Kier alpha value is -9.40. The number of hydrogen-bond donors (Lipinski definition) is 0. The molecule has 1 aliphatic rings. The molecule has 318 valence electrons. The fraction of sp³-hybridized carbons (Fsp3) is 0. The van der Waals surface area contributed by atoms with Crippen LogP contribution in [0, 0.1) is 0 Å². The van der Waals surface area contributed by atoms with Gasteiger partial charge in [0.1, 0.15) is 0 Å². The lowest BCUT2D eigenvalue weighted by atomic mass is 10.1. The number of para-hydroxylation sites is 6. The van der Waals surface area contributed by atoms with Gasteiger partial charge in [0.05, 0.1) is 38.8 Å². The monoisotopic (exact) mass is 870 g/mol. The maximum Gasteiger partial charge on any atom is 0.237 e. The third-order valence-electron chi connectivity index (χ3n) is 13.3. The summed E-state index contributed by atoms with van der Waals surface area (Å²) in [5.41, 5.74) is 14.7. The van der Waals surface area contributed by atoms with E-state index in [2.05, 4.69) is 249 Å². The maximum absolute atomic E-state index is 5.43. The normalized spacial score (nSPS) is 11.8. The minimum Gasteiger partial charge on any atom is -0.310 e. The lowest BCUT2D eigenvalue weighted by Crippen LogP contribution is -2.10. The third kappa shape index (κ3) is 5.81. The molecule has 0 aliphatic heterocycles. The molecular weight excluding hydrogens is 833 g/mol. The average molecular weight is 871 g/mol. The summed E-state index contributed by atoms with van der Waals surface area (Å²) in [6.07, 6.45) is 0. The minimum absolute atomic E-state index is 0.551. The van der Waals surface area contributed by atoms with Crippen molar-refractivity contribution in [3.63, 3.8) is 0 Å². The van der Waals surface area contributed by atoms with Crippen LogP contribution in [-0.2, 0) is 0 Å². The molecule has 13 aromatic rings. The molecule has 0 N–H and O–H groups in total. The van der Waals surface area contributed by atoms with E-state index in [1.165, 1.54) is 0 Å². The molecule has 9 aromatic carbocycles. The van der Waals surface area contributed by atoms with Crippen LogP contribution >= 0.6 is 0 Å². The fourth-order valence-corrected chi connectivity index (χ4v) is 10.3. The van der Waals surface area contributed by atoms with Gasteiger partial charge < -0.3 is 9.80 Å². The zero-order valence-corrected chi connectivity index (χ0v) is 36.5. The van der Waals surface area contributed by atoms with Gasteiger partial charge in [0.2, 0.25) is 11.9 Å². The maximum atomic E-state index is 5.43. The molecule has 8 nitrogen and oxygen atoms in total. The molecule has 4 aromatic heterocycles. The highest BCUT2D eigenvalue weighted by molar-refractivity contribution is 6.14. The molecule has 0 atom stereocenters. The molecule has 0 spiro atoms. The van der Waals surface area contributed by atoms with E-state index < -0.39 is 0 Å². The van der Waals surface area contributed by atoms with Crippen molar-refractivity contribution in [1.29, 1.82) is 0 Å². The summed E-state index contributed by atoms with van der Waals surface area (Å²) in [6.45, 7) is 0.